The van der Waals surface area contributed by atoms with Crippen LogP contribution in [0.3, 0.4) is 0 Å². The summed E-state index contributed by atoms with van der Waals surface area (Å²) in [5, 5.41) is 3.10. The molecule has 0 amide bonds. The third-order valence-electron chi connectivity index (χ3n) is 2.60. The molecule has 21 heavy (non-hydrogen) atoms. The zero-order valence-corrected chi connectivity index (χ0v) is 13.6. The number of aryl methyl sites for hydroxylation is 1. The second-order valence-electron chi connectivity index (χ2n) is 4.06. The van der Waals surface area contributed by atoms with Crippen LogP contribution in [0.2, 0.25) is 0 Å². The number of hydrogen-bond acceptors (Lipinski definition) is 5. The molecule has 2 aromatic rings. The highest BCUT2D eigenvalue weighted by atomic mass is 79.9. The Labute approximate surface area is 132 Å². The highest BCUT2D eigenvalue weighted by Crippen LogP contribution is 2.32. The van der Waals surface area contributed by atoms with Crippen molar-refractivity contribution in [3.05, 3.63) is 39.5 Å². The van der Waals surface area contributed by atoms with Gasteiger partial charge in [-0.05, 0) is 47.4 Å². The molecule has 0 saturated heterocycles. The molecule has 2 rings (SSSR count). The molecule has 0 radical (unpaired) electrons. The van der Waals surface area contributed by atoms with Gasteiger partial charge in [0.15, 0.2) is 0 Å². The van der Waals surface area contributed by atoms with Crippen molar-refractivity contribution < 1.29 is 18.3 Å². The number of esters is 1. The van der Waals surface area contributed by atoms with Crippen molar-refractivity contribution >= 4 is 44.1 Å². The molecule has 0 aliphatic heterocycles. The predicted molar refractivity (Wildman–Crippen MR) is 80.1 cm³/mol. The molecule has 0 unspecified atom stereocenters. The summed E-state index contributed by atoms with van der Waals surface area (Å²) in [6.07, 6.45) is 0. The van der Waals surface area contributed by atoms with Gasteiger partial charge >= 0.3 is 5.97 Å². The summed E-state index contributed by atoms with van der Waals surface area (Å²) in [6.45, 7) is 3.58. The third kappa shape index (κ3) is 3.38. The number of hydrogen-bond donors (Lipinski definition) is 1. The lowest BCUT2D eigenvalue weighted by molar-refractivity contribution is 0.0527. The van der Waals surface area contributed by atoms with Crippen molar-refractivity contribution in [2.45, 2.75) is 13.8 Å². The van der Waals surface area contributed by atoms with E-state index < -0.39 is 17.6 Å². The van der Waals surface area contributed by atoms with Gasteiger partial charge in [-0.3, -0.25) is 0 Å². The van der Waals surface area contributed by atoms with Gasteiger partial charge in [-0.15, -0.1) is 0 Å². The molecule has 4 nitrogen and oxygen atoms in total. The summed E-state index contributed by atoms with van der Waals surface area (Å²) in [5.41, 5.74) is 0.779. The molecule has 0 aliphatic carbocycles. The summed E-state index contributed by atoms with van der Waals surface area (Å²) in [7, 11) is 0. The summed E-state index contributed by atoms with van der Waals surface area (Å²) >= 11 is 3.99. The largest absolute Gasteiger partial charge is 0.462 e. The van der Waals surface area contributed by atoms with Crippen molar-refractivity contribution in [3.63, 3.8) is 0 Å². The first kappa shape index (κ1) is 15.8. The predicted octanol–water partition coefficient (Wildman–Crippen LogP) is 4.41. The lowest BCUT2D eigenvalue weighted by Gasteiger charge is -2.09. The standard InChI is InChI=1S/C13H11BrF2N2O2S/c1-3-20-13(19)11-6(2)18-21-12(11)17-10-4-7(14)8(15)5-9(10)16/h4-5,17H,3H2,1-2H3. The second kappa shape index (κ2) is 6.48. The van der Waals surface area contributed by atoms with E-state index >= 15 is 0 Å². The Balaban J connectivity index is 2.37. The van der Waals surface area contributed by atoms with Crippen LogP contribution in [0.25, 0.3) is 0 Å². The van der Waals surface area contributed by atoms with Crippen LogP contribution in [-0.4, -0.2) is 16.9 Å². The number of anilines is 2. The van der Waals surface area contributed by atoms with Crippen LogP contribution in [0.5, 0.6) is 0 Å². The van der Waals surface area contributed by atoms with E-state index in [-0.39, 0.29) is 22.3 Å². The van der Waals surface area contributed by atoms with Crippen LogP contribution in [0.15, 0.2) is 16.6 Å². The summed E-state index contributed by atoms with van der Waals surface area (Å²) < 4.78 is 36.1. The highest BCUT2D eigenvalue weighted by Gasteiger charge is 2.21. The average molecular weight is 377 g/mol. The Morgan fingerprint density at radius 1 is 1.43 bits per heavy atom. The van der Waals surface area contributed by atoms with Crippen LogP contribution in [0.1, 0.15) is 23.0 Å². The summed E-state index contributed by atoms with van der Waals surface area (Å²) in [5.74, 6) is -2.01. The number of nitrogens with zero attached hydrogens (tertiary/aromatic N) is 1. The summed E-state index contributed by atoms with van der Waals surface area (Å²) in [6, 6.07) is 2.01. The van der Waals surface area contributed by atoms with Gasteiger partial charge in [0.25, 0.3) is 0 Å². The Bertz CT molecular complexity index is 691. The maximum Gasteiger partial charge on any atom is 0.343 e. The molecule has 0 spiro atoms. The lowest BCUT2D eigenvalue weighted by atomic mass is 10.2. The maximum absolute atomic E-state index is 13.7. The zero-order valence-electron chi connectivity index (χ0n) is 11.2. The van der Waals surface area contributed by atoms with Crippen molar-refractivity contribution in [1.29, 1.82) is 0 Å². The molecule has 8 heteroatoms. The Hall–Kier alpha value is -1.54. The highest BCUT2D eigenvalue weighted by molar-refractivity contribution is 9.10. The molecule has 0 bridgehead atoms. The average Bonchev–Trinajstić information content (AvgIpc) is 2.77. The van der Waals surface area contributed by atoms with Crippen molar-refractivity contribution in [2.24, 2.45) is 0 Å². The van der Waals surface area contributed by atoms with Crippen LogP contribution >= 0.6 is 27.5 Å². The monoisotopic (exact) mass is 376 g/mol. The molecule has 0 fully saturated rings. The number of halogens is 3. The molecular weight excluding hydrogens is 366 g/mol. The zero-order chi connectivity index (χ0) is 15.6. The van der Waals surface area contributed by atoms with E-state index in [0.717, 1.165) is 17.6 Å². The van der Waals surface area contributed by atoms with Crippen molar-refractivity contribution in [2.75, 3.05) is 11.9 Å². The Morgan fingerprint density at radius 3 is 2.81 bits per heavy atom. The van der Waals surface area contributed by atoms with Gasteiger partial charge in [-0.1, -0.05) is 0 Å². The third-order valence-corrected chi connectivity index (χ3v) is 4.06. The van der Waals surface area contributed by atoms with Crippen molar-refractivity contribution in [3.8, 4) is 0 Å². The molecule has 1 aromatic carbocycles. The van der Waals surface area contributed by atoms with Crippen molar-refractivity contribution in [1.82, 2.24) is 4.37 Å². The smallest absolute Gasteiger partial charge is 0.343 e. The van der Waals surface area contributed by atoms with E-state index in [2.05, 4.69) is 25.6 Å². The van der Waals surface area contributed by atoms with Crippen LogP contribution in [0.4, 0.5) is 19.5 Å². The first-order chi connectivity index (χ1) is 9.93. The van der Waals surface area contributed by atoms with Crippen LogP contribution < -0.4 is 5.32 Å². The number of carbonyl (C=O) groups excluding carboxylic acids is 1. The minimum Gasteiger partial charge on any atom is -0.462 e. The fourth-order valence-electron chi connectivity index (χ4n) is 1.64. The fourth-order valence-corrected chi connectivity index (χ4v) is 2.78. The number of rotatable bonds is 4. The van der Waals surface area contributed by atoms with Gasteiger partial charge in [0.2, 0.25) is 0 Å². The molecule has 112 valence electrons. The lowest BCUT2D eigenvalue weighted by Crippen LogP contribution is -2.08. The van der Waals surface area contributed by atoms with Gasteiger partial charge in [-0.2, -0.15) is 4.37 Å². The molecular formula is C13H11BrF2N2O2S. The number of nitrogens with one attached hydrogen (secondary N) is 1. The van der Waals surface area contributed by atoms with Crippen LogP contribution in [-0.2, 0) is 4.74 Å². The van der Waals surface area contributed by atoms with Gasteiger partial charge in [-0.25, -0.2) is 13.6 Å². The van der Waals surface area contributed by atoms with Gasteiger partial charge in [0, 0.05) is 6.07 Å². The van der Waals surface area contributed by atoms with E-state index in [4.69, 9.17) is 4.74 Å². The fraction of sp³-hybridized carbons (Fsp3) is 0.231. The number of aromatic nitrogens is 1. The molecule has 1 N–H and O–H groups in total. The minimum atomic E-state index is -0.767. The van der Waals surface area contributed by atoms with Gasteiger partial charge in [0.05, 0.1) is 22.5 Å². The number of benzene rings is 1. The molecule has 0 aliphatic rings. The Kier molecular flexibility index (Phi) is 4.89. The first-order valence-corrected chi connectivity index (χ1v) is 7.55. The molecule has 1 aromatic heterocycles. The van der Waals surface area contributed by atoms with E-state index in [9.17, 15) is 13.6 Å². The van der Waals surface area contributed by atoms with Gasteiger partial charge in [0.1, 0.15) is 22.2 Å². The normalized spacial score (nSPS) is 10.5. The van der Waals surface area contributed by atoms with E-state index in [0.29, 0.717) is 10.7 Å². The SMILES string of the molecule is CCOC(=O)c1c(C)nsc1Nc1cc(Br)c(F)cc1F. The maximum atomic E-state index is 13.7. The minimum absolute atomic E-state index is 0.0393. The summed E-state index contributed by atoms with van der Waals surface area (Å²) in [4.78, 5) is 11.9. The first-order valence-electron chi connectivity index (χ1n) is 5.99. The van der Waals surface area contributed by atoms with Gasteiger partial charge < -0.3 is 10.1 Å². The topological polar surface area (TPSA) is 51.2 Å². The number of ether oxygens (including phenoxy) is 1. The molecule has 0 atom stereocenters. The van der Waals surface area contributed by atoms with Crippen LogP contribution in [0, 0.1) is 18.6 Å². The number of carbonyl (C=O) groups is 1. The molecule has 0 saturated carbocycles. The Morgan fingerprint density at radius 2 is 2.14 bits per heavy atom. The van der Waals surface area contributed by atoms with E-state index in [1.165, 1.54) is 6.07 Å². The van der Waals surface area contributed by atoms with E-state index in [1.54, 1.807) is 13.8 Å². The second-order valence-corrected chi connectivity index (χ2v) is 5.69. The molecule has 1 heterocycles. The quantitative estimate of drug-likeness (QED) is 0.634. The van der Waals surface area contributed by atoms with E-state index in [1.807, 2.05) is 0 Å².